The van der Waals surface area contributed by atoms with Crippen LogP contribution in [-0.2, 0) is 10.0 Å². The number of urea groups is 1. The van der Waals surface area contributed by atoms with Crippen molar-refractivity contribution in [1.82, 2.24) is 9.78 Å². The lowest BCUT2D eigenvalue weighted by atomic mass is 10.2. The molecule has 0 aliphatic rings. The van der Waals surface area contributed by atoms with Crippen LogP contribution in [0.1, 0.15) is 12.0 Å². The molecule has 37 heavy (non-hydrogen) atoms. The van der Waals surface area contributed by atoms with Crippen LogP contribution < -0.4 is 14.9 Å². The first-order valence-electron chi connectivity index (χ1n) is 11.5. The van der Waals surface area contributed by atoms with E-state index in [0.717, 1.165) is 5.56 Å². The molecule has 3 N–H and O–H groups in total. The van der Waals surface area contributed by atoms with Crippen LogP contribution in [0.4, 0.5) is 21.9 Å². The fourth-order valence-electron chi connectivity index (χ4n) is 3.60. The molecule has 10 heteroatoms. The number of aliphatic hydroxyl groups excluding tert-OH is 1. The predicted molar refractivity (Wildman–Crippen MR) is 145 cm³/mol. The number of aromatic nitrogens is 2. The first kappa shape index (κ1) is 25.7. The summed E-state index contributed by atoms with van der Waals surface area (Å²) in [5.74, 6) is 0. The topological polar surface area (TPSA) is 117 Å². The predicted octanol–water partition coefficient (Wildman–Crippen LogP) is 4.74. The number of nitrogens with zero attached hydrogens (tertiary/aromatic N) is 3. The molecule has 3 aromatic carbocycles. The lowest BCUT2D eigenvalue weighted by Crippen LogP contribution is -2.32. The molecular weight excluding hydrogens is 490 g/mol. The Hall–Kier alpha value is -4.41. The molecule has 0 aliphatic heterocycles. The molecule has 4 rings (SSSR count). The van der Waals surface area contributed by atoms with Crippen LogP contribution in [0.2, 0.25) is 0 Å². The van der Waals surface area contributed by atoms with Gasteiger partial charge in [0.15, 0.2) is 0 Å². The van der Waals surface area contributed by atoms with Crippen LogP contribution in [0.15, 0.2) is 103 Å². The molecular formula is C27H27N5O4S. The van der Waals surface area contributed by atoms with E-state index in [1.807, 2.05) is 42.5 Å². The van der Waals surface area contributed by atoms with Crippen molar-refractivity contribution < 1.29 is 18.3 Å². The molecule has 9 nitrogen and oxygen atoms in total. The maximum atomic E-state index is 13.5. The Labute approximate surface area is 215 Å². The zero-order valence-corrected chi connectivity index (χ0v) is 20.8. The van der Waals surface area contributed by atoms with Gasteiger partial charge in [0.25, 0.3) is 10.0 Å². The van der Waals surface area contributed by atoms with Gasteiger partial charge in [-0.05, 0) is 60.5 Å². The van der Waals surface area contributed by atoms with Crippen molar-refractivity contribution in [2.24, 2.45) is 0 Å². The van der Waals surface area contributed by atoms with Gasteiger partial charge in [-0.1, -0.05) is 43.0 Å². The Bertz CT molecular complexity index is 1450. The molecule has 190 valence electrons. The number of benzene rings is 3. The number of hydrogen-bond donors (Lipinski definition) is 3. The standard InChI is InChI=1S/C27H27N5O4S/c1-2-21-9-13-24(14-10-21)31-20-26(19-28-31)37(35,36)32(17-6-18-33)25-15-11-23(12-16-25)30-27(34)29-22-7-4-3-5-8-22/h2-5,7-16,19-20,33H,1,6,17-18H2,(H2,29,30,34). The summed E-state index contributed by atoms with van der Waals surface area (Å²) in [6.45, 7) is 3.63. The molecule has 0 radical (unpaired) electrons. The highest BCUT2D eigenvalue weighted by molar-refractivity contribution is 7.92. The van der Waals surface area contributed by atoms with E-state index in [1.165, 1.54) is 21.4 Å². The lowest BCUT2D eigenvalue weighted by molar-refractivity contribution is 0.262. The lowest BCUT2D eigenvalue weighted by Gasteiger charge is -2.23. The summed E-state index contributed by atoms with van der Waals surface area (Å²) >= 11 is 0. The third-order valence-corrected chi connectivity index (χ3v) is 7.28. The molecule has 4 aromatic rings. The Morgan fingerprint density at radius 2 is 1.62 bits per heavy atom. The molecule has 1 heterocycles. The molecule has 0 unspecified atom stereocenters. The van der Waals surface area contributed by atoms with Gasteiger partial charge in [0.05, 0.1) is 23.8 Å². The Morgan fingerprint density at radius 3 is 2.24 bits per heavy atom. The number of rotatable bonds is 10. The van der Waals surface area contributed by atoms with Gasteiger partial charge in [0.1, 0.15) is 4.90 Å². The van der Waals surface area contributed by atoms with E-state index in [2.05, 4.69) is 22.3 Å². The molecule has 1 aromatic heterocycles. The van der Waals surface area contributed by atoms with Crippen LogP contribution in [0.25, 0.3) is 11.8 Å². The summed E-state index contributed by atoms with van der Waals surface area (Å²) in [5, 5.41) is 19.0. The fraction of sp³-hybridized carbons (Fsp3) is 0.111. The maximum absolute atomic E-state index is 13.5. The van der Waals surface area contributed by atoms with E-state index in [4.69, 9.17) is 0 Å². The monoisotopic (exact) mass is 517 g/mol. The number of carbonyl (C=O) groups is 1. The number of para-hydroxylation sites is 1. The number of anilines is 3. The molecule has 0 spiro atoms. The van der Waals surface area contributed by atoms with Gasteiger partial charge >= 0.3 is 6.03 Å². The molecule has 0 saturated carbocycles. The second-order valence-corrected chi connectivity index (χ2v) is 9.92. The number of carbonyl (C=O) groups excluding carboxylic acids is 1. The normalized spacial score (nSPS) is 11.1. The fourth-order valence-corrected chi connectivity index (χ4v) is 5.04. The van der Waals surface area contributed by atoms with Crippen LogP contribution in [0.5, 0.6) is 0 Å². The van der Waals surface area contributed by atoms with Gasteiger partial charge in [-0.15, -0.1) is 0 Å². The maximum Gasteiger partial charge on any atom is 0.323 e. The quantitative estimate of drug-likeness (QED) is 0.281. The molecule has 0 saturated heterocycles. The summed E-state index contributed by atoms with van der Waals surface area (Å²) in [6, 6.07) is 22.4. The van der Waals surface area contributed by atoms with E-state index in [-0.39, 0.29) is 24.5 Å². The second kappa shape index (κ2) is 11.5. The van der Waals surface area contributed by atoms with Crippen LogP contribution in [0.3, 0.4) is 0 Å². The third kappa shape index (κ3) is 6.24. The minimum Gasteiger partial charge on any atom is -0.396 e. The van der Waals surface area contributed by atoms with E-state index in [1.54, 1.807) is 42.5 Å². The van der Waals surface area contributed by atoms with Crippen molar-refractivity contribution in [3.05, 3.63) is 103 Å². The highest BCUT2D eigenvalue weighted by atomic mass is 32.2. The Kier molecular flexibility index (Phi) is 8.02. The smallest absolute Gasteiger partial charge is 0.323 e. The van der Waals surface area contributed by atoms with Gasteiger partial charge < -0.3 is 15.7 Å². The van der Waals surface area contributed by atoms with Crippen LogP contribution in [0, 0.1) is 0 Å². The van der Waals surface area contributed by atoms with Crippen LogP contribution >= 0.6 is 0 Å². The van der Waals surface area contributed by atoms with Crippen molar-refractivity contribution in [3.63, 3.8) is 0 Å². The van der Waals surface area contributed by atoms with Crippen molar-refractivity contribution in [2.45, 2.75) is 11.3 Å². The number of amides is 2. The minimum absolute atomic E-state index is 0.0164. The van der Waals surface area contributed by atoms with Gasteiger partial charge in [-0.3, -0.25) is 4.31 Å². The highest BCUT2D eigenvalue weighted by Gasteiger charge is 2.26. The molecule has 0 fully saturated rings. The first-order chi connectivity index (χ1) is 17.9. The van der Waals surface area contributed by atoms with Gasteiger partial charge in [0, 0.05) is 24.5 Å². The number of hydrogen-bond acceptors (Lipinski definition) is 5. The molecule has 0 aliphatic carbocycles. The number of nitrogens with one attached hydrogen (secondary N) is 2. The van der Waals surface area contributed by atoms with E-state index >= 15 is 0 Å². The molecule has 0 atom stereocenters. The van der Waals surface area contributed by atoms with Gasteiger partial charge in [0.2, 0.25) is 0 Å². The van der Waals surface area contributed by atoms with E-state index in [9.17, 15) is 18.3 Å². The van der Waals surface area contributed by atoms with Crippen molar-refractivity contribution in [1.29, 1.82) is 0 Å². The SMILES string of the molecule is C=Cc1ccc(-n2cc(S(=O)(=O)N(CCCO)c3ccc(NC(=O)Nc4ccccc4)cc3)cn2)cc1. The molecule has 2 amide bonds. The number of aliphatic hydroxyl groups is 1. The first-order valence-corrected chi connectivity index (χ1v) is 13.0. The number of sulfonamides is 1. The average molecular weight is 518 g/mol. The average Bonchev–Trinajstić information content (AvgIpc) is 3.42. The van der Waals surface area contributed by atoms with Gasteiger partial charge in [-0.25, -0.2) is 17.9 Å². The largest absolute Gasteiger partial charge is 0.396 e. The highest BCUT2D eigenvalue weighted by Crippen LogP contribution is 2.26. The zero-order valence-electron chi connectivity index (χ0n) is 20.0. The summed E-state index contributed by atoms with van der Waals surface area (Å²) in [7, 11) is -3.98. The molecule has 0 bridgehead atoms. The minimum atomic E-state index is -3.98. The summed E-state index contributed by atoms with van der Waals surface area (Å²) in [4.78, 5) is 12.3. The second-order valence-electron chi connectivity index (χ2n) is 8.06. The van der Waals surface area contributed by atoms with Crippen LogP contribution in [-0.4, -0.2) is 42.5 Å². The van der Waals surface area contributed by atoms with Crippen molar-refractivity contribution in [2.75, 3.05) is 28.1 Å². The zero-order chi connectivity index (χ0) is 26.3. The summed E-state index contributed by atoms with van der Waals surface area (Å²) in [6.07, 6.45) is 4.72. The van der Waals surface area contributed by atoms with Gasteiger partial charge in [-0.2, -0.15) is 5.10 Å². The Balaban J connectivity index is 1.53. The Morgan fingerprint density at radius 1 is 0.973 bits per heavy atom. The summed E-state index contributed by atoms with van der Waals surface area (Å²) in [5.41, 5.74) is 3.18. The van der Waals surface area contributed by atoms with E-state index in [0.29, 0.717) is 22.7 Å². The van der Waals surface area contributed by atoms with Crippen molar-refractivity contribution in [3.8, 4) is 5.69 Å². The van der Waals surface area contributed by atoms with Crippen molar-refractivity contribution >= 4 is 39.2 Å². The third-order valence-electron chi connectivity index (χ3n) is 5.50. The van der Waals surface area contributed by atoms with E-state index < -0.39 is 16.1 Å². The summed E-state index contributed by atoms with van der Waals surface area (Å²) < 4.78 is 29.8.